The van der Waals surface area contributed by atoms with E-state index in [9.17, 15) is 4.79 Å². The number of fused-ring (bicyclic) bond motifs is 1. The first-order valence-electron chi connectivity index (χ1n) is 11.0. The summed E-state index contributed by atoms with van der Waals surface area (Å²) in [5.41, 5.74) is 4.19. The maximum absolute atomic E-state index is 12.6. The van der Waals surface area contributed by atoms with Crippen LogP contribution in [0.5, 0.6) is 17.2 Å². The van der Waals surface area contributed by atoms with Crippen LogP contribution in [0.15, 0.2) is 71.1 Å². The molecule has 0 fully saturated rings. The highest BCUT2D eigenvalue weighted by Gasteiger charge is 2.15. The minimum atomic E-state index is -0.167. The molecule has 0 saturated heterocycles. The van der Waals surface area contributed by atoms with Gasteiger partial charge in [-0.15, -0.1) is 0 Å². The number of hydrogen-bond donors (Lipinski definition) is 1. The Hall–Kier alpha value is -4.26. The van der Waals surface area contributed by atoms with E-state index >= 15 is 0 Å². The van der Waals surface area contributed by atoms with E-state index in [2.05, 4.69) is 10.3 Å². The maximum atomic E-state index is 12.6. The van der Waals surface area contributed by atoms with Crippen molar-refractivity contribution in [3.63, 3.8) is 0 Å². The molecule has 1 amide bonds. The maximum Gasteiger partial charge on any atom is 0.251 e. The second-order valence-electron chi connectivity index (χ2n) is 8.07. The molecular weight excluding hydrogens is 432 g/mol. The SMILES string of the molecule is Cc1ccc(OCc2nc(-c3ccc(C(=O)NCc4ccc5c(c4)OCO5)cc3)oc2C)cc1. The quantitative estimate of drug-likeness (QED) is 0.412. The summed E-state index contributed by atoms with van der Waals surface area (Å²) < 4.78 is 22.4. The molecule has 1 N–H and O–H groups in total. The molecule has 7 heteroatoms. The van der Waals surface area contributed by atoms with Crippen molar-refractivity contribution < 1.29 is 23.4 Å². The van der Waals surface area contributed by atoms with Crippen molar-refractivity contribution >= 4 is 5.91 Å². The zero-order chi connectivity index (χ0) is 23.5. The van der Waals surface area contributed by atoms with E-state index in [1.165, 1.54) is 5.56 Å². The molecule has 0 unspecified atom stereocenters. The molecule has 172 valence electrons. The summed E-state index contributed by atoms with van der Waals surface area (Å²) in [5, 5.41) is 2.92. The predicted octanol–water partition coefficient (Wildman–Crippen LogP) is 5.20. The fourth-order valence-electron chi connectivity index (χ4n) is 3.57. The van der Waals surface area contributed by atoms with Crippen molar-refractivity contribution in [3.8, 4) is 28.7 Å². The van der Waals surface area contributed by atoms with Gasteiger partial charge in [0.05, 0.1) is 0 Å². The van der Waals surface area contributed by atoms with Crippen LogP contribution in [0.2, 0.25) is 0 Å². The van der Waals surface area contributed by atoms with E-state index in [0.29, 0.717) is 36.1 Å². The van der Waals surface area contributed by atoms with Crippen molar-refractivity contribution in [2.75, 3.05) is 6.79 Å². The summed E-state index contributed by atoms with van der Waals surface area (Å²) in [5.74, 6) is 3.23. The van der Waals surface area contributed by atoms with Crippen LogP contribution in [0.3, 0.4) is 0 Å². The summed E-state index contributed by atoms with van der Waals surface area (Å²) in [6.07, 6.45) is 0. The topological polar surface area (TPSA) is 82.8 Å². The Kier molecular flexibility index (Phi) is 5.91. The van der Waals surface area contributed by atoms with E-state index in [-0.39, 0.29) is 12.7 Å². The summed E-state index contributed by atoms with van der Waals surface area (Å²) in [7, 11) is 0. The lowest BCUT2D eigenvalue weighted by molar-refractivity contribution is 0.0951. The number of aromatic nitrogens is 1. The number of oxazole rings is 1. The molecule has 1 aliphatic heterocycles. The average molecular weight is 456 g/mol. The molecule has 0 spiro atoms. The van der Waals surface area contributed by atoms with Crippen molar-refractivity contribution in [2.45, 2.75) is 27.0 Å². The van der Waals surface area contributed by atoms with E-state index in [4.69, 9.17) is 18.6 Å². The minimum Gasteiger partial charge on any atom is -0.487 e. The predicted molar refractivity (Wildman–Crippen MR) is 126 cm³/mol. The molecule has 1 aromatic heterocycles. The molecular formula is C27H24N2O5. The summed E-state index contributed by atoms with van der Waals surface area (Å²) in [4.78, 5) is 17.2. The number of amides is 1. The first kappa shape index (κ1) is 21.6. The molecule has 0 aliphatic carbocycles. The van der Waals surface area contributed by atoms with E-state index < -0.39 is 0 Å². The highest BCUT2D eigenvalue weighted by atomic mass is 16.7. The Morgan fingerprint density at radius 3 is 2.53 bits per heavy atom. The fraction of sp³-hybridized carbons (Fsp3) is 0.185. The second kappa shape index (κ2) is 9.31. The third-order valence-electron chi connectivity index (χ3n) is 5.57. The van der Waals surface area contributed by atoms with E-state index in [1.54, 1.807) is 12.1 Å². The van der Waals surface area contributed by atoms with E-state index in [0.717, 1.165) is 28.3 Å². The van der Waals surface area contributed by atoms with Crippen LogP contribution in [-0.2, 0) is 13.2 Å². The van der Waals surface area contributed by atoms with Crippen LogP contribution < -0.4 is 19.5 Å². The zero-order valence-electron chi connectivity index (χ0n) is 19.0. The van der Waals surface area contributed by atoms with Crippen molar-refractivity contribution in [1.29, 1.82) is 0 Å². The van der Waals surface area contributed by atoms with Crippen LogP contribution in [0.4, 0.5) is 0 Å². The van der Waals surface area contributed by atoms with Crippen molar-refractivity contribution in [1.82, 2.24) is 10.3 Å². The molecule has 4 aromatic rings. The largest absolute Gasteiger partial charge is 0.487 e. The number of benzene rings is 3. The first-order valence-corrected chi connectivity index (χ1v) is 11.0. The highest BCUT2D eigenvalue weighted by molar-refractivity contribution is 5.94. The number of rotatable bonds is 7. The standard InChI is InChI=1S/C27H24N2O5/c1-17-3-10-22(11-4-17)31-15-23-18(2)34-27(29-23)21-8-6-20(7-9-21)26(30)28-14-19-5-12-24-25(13-19)33-16-32-24/h3-13H,14-16H2,1-2H3,(H,28,30). The van der Waals surface area contributed by atoms with Gasteiger partial charge in [-0.3, -0.25) is 4.79 Å². The monoisotopic (exact) mass is 456 g/mol. The lowest BCUT2D eigenvalue weighted by atomic mass is 10.1. The number of carbonyl (C=O) groups is 1. The summed E-state index contributed by atoms with van der Waals surface area (Å²) in [6.45, 7) is 4.83. The minimum absolute atomic E-state index is 0.167. The molecule has 5 rings (SSSR count). The van der Waals surface area contributed by atoms with Gasteiger partial charge in [0.15, 0.2) is 11.5 Å². The normalized spacial score (nSPS) is 11.9. The third-order valence-corrected chi connectivity index (χ3v) is 5.57. The van der Waals surface area contributed by atoms with Crippen LogP contribution >= 0.6 is 0 Å². The van der Waals surface area contributed by atoms with Gasteiger partial charge in [-0.05, 0) is 67.9 Å². The molecule has 0 atom stereocenters. The highest BCUT2D eigenvalue weighted by Crippen LogP contribution is 2.32. The lowest BCUT2D eigenvalue weighted by Crippen LogP contribution is -2.22. The molecule has 3 aromatic carbocycles. The number of nitrogens with zero attached hydrogens (tertiary/aromatic N) is 1. The molecule has 1 aliphatic rings. The van der Waals surface area contributed by atoms with Gasteiger partial charge in [0, 0.05) is 17.7 Å². The molecule has 7 nitrogen and oxygen atoms in total. The molecule has 34 heavy (non-hydrogen) atoms. The number of ether oxygens (including phenoxy) is 3. The van der Waals surface area contributed by atoms with Gasteiger partial charge in [-0.1, -0.05) is 23.8 Å². The number of nitrogens with one attached hydrogen (secondary N) is 1. The van der Waals surface area contributed by atoms with Gasteiger partial charge in [0.25, 0.3) is 5.91 Å². The van der Waals surface area contributed by atoms with Crippen LogP contribution in [0.25, 0.3) is 11.5 Å². The van der Waals surface area contributed by atoms with E-state index in [1.807, 2.05) is 68.4 Å². The Morgan fingerprint density at radius 2 is 1.74 bits per heavy atom. The Morgan fingerprint density at radius 1 is 0.971 bits per heavy atom. The first-order chi connectivity index (χ1) is 16.5. The summed E-state index contributed by atoms with van der Waals surface area (Å²) in [6, 6.07) is 20.7. The van der Waals surface area contributed by atoms with Crippen LogP contribution in [0, 0.1) is 13.8 Å². The Bertz CT molecular complexity index is 1310. The smallest absolute Gasteiger partial charge is 0.251 e. The Labute approximate surface area is 197 Å². The number of hydrogen-bond acceptors (Lipinski definition) is 6. The van der Waals surface area contributed by atoms with Gasteiger partial charge in [-0.25, -0.2) is 4.98 Å². The van der Waals surface area contributed by atoms with Crippen molar-refractivity contribution in [2.24, 2.45) is 0 Å². The zero-order valence-corrected chi connectivity index (χ0v) is 19.0. The van der Waals surface area contributed by atoms with Crippen molar-refractivity contribution in [3.05, 3.63) is 94.9 Å². The van der Waals surface area contributed by atoms with Gasteiger partial charge in [0.2, 0.25) is 12.7 Å². The number of aryl methyl sites for hydroxylation is 2. The van der Waals surface area contributed by atoms with Crippen LogP contribution in [0.1, 0.15) is 32.9 Å². The molecule has 0 saturated carbocycles. The molecule has 0 radical (unpaired) electrons. The van der Waals surface area contributed by atoms with Gasteiger partial charge < -0.3 is 23.9 Å². The molecule has 2 heterocycles. The van der Waals surface area contributed by atoms with Gasteiger partial charge in [-0.2, -0.15) is 0 Å². The fourth-order valence-corrected chi connectivity index (χ4v) is 3.57. The van der Waals surface area contributed by atoms with Gasteiger partial charge >= 0.3 is 0 Å². The molecule has 0 bridgehead atoms. The Balaban J connectivity index is 1.20. The second-order valence-corrected chi connectivity index (χ2v) is 8.07. The third kappa shape index (κ3) is 4.73. The van der Waals surface area contributed by atoms with Crippen LogP contribution in [-0.4, -0.2) is 17.7 Å². The number of carbonyl (C=O) groups excluding carboxylic acids is 1. The van der Waals surface area contributed by atoms with Gasteiger partial charge in [0.1, 0.15) is 23.8 Å². The lowest BCUT2D eigenvalue weighted by Gasteiger charge is -2.07. The average Bonchev–Trinajstić information content (AvgIpc) is 3.48. The summed E-state index contributed by atoms with van der Waals surface area (Å²) >= 11 is 0.